The lowest BCUT2D eigenvalue weighted by Gasteiger charge is -2.24. The number of hydrogen-bond acceptors (Lipinski definition) is 5. The molecular weight excluding hydrogens is 272 g/mol. The maximum Gasteiger partial charge on any atom is 0.267 e. The zero-order valence-corrected chi connectivity index (χ0v) is 12.3. The molecule has 0 bridgehead atoms. The van der Waals surface area contributed by atoms with E-state index >= 15 is 0 Å². The average molecular weight is 290 g/mol. The summed E-state index contributed by atoms with van der Waals surface area (Å²) in [5.41, 5.74) is 11.7. The third-order valence-corrected chi connectivity index (χ3v) is 4.30. The van der Waals surface area contributed by atoms with Gasteiger partial charge in [-0.2, -0.15) is 0 Å². The molecule has 0 aromatic carbocycles. The van der Waals surface area contributed by atoms with Crippen molar-refractivity contribution in [2.75, 3.05) is 17.6 Å². The van der Waals surface area contributed by atoms with Crippen molar-refractivity contribution < 1.29 is 4.79 Å². The van der Waals surface area contributed by atoms with Gasteiger partial charge in [0, 0.05) is 16.8 Å². The number of anilines is 2. The van der Waals surface area contributed by atoms with E-state index < -0.39 is 5.91 Å². The molecule has 2 rings (SSSR count). The van der Waals surface area contributed by atoms with Crippen LogP contribution in [0.15, 0.2) is 29.6 Å². The first kappa shape index (κ1) is 14.3. The minimum atomic E-state index is -0.564. The molecule has 0 saturated heterocycles. The summed E-state index contributed by atoms with van der Waals surface area (Å²) in [5, 5.41) is 5.25. The molecule has 0 aliphatic rings. The highest BCUT2D eigenvalue weighted by Gasteiger charge is 2.22. The molecule has 2 aromatic rings. The third-order valence-electron chi connectivity index (χ3n) is 3.06. The van der Waals surface area contributed by atoms with E-state index in [2.05, 4.69) is 35.6 Å². The molecule has 6 heteroatoms. The Morgan fingerprint density at radius 2 is 2.15 bits per heavy atom. The average Bonchev–Trinajstić information content (AvgIpc) is 2.92. The number of carbonyl (C=O) groups excluding carboxylic acids is 1. The third kappa shape index (κ3) is 3.08. The number of pyridine rings is 1. The van der Waals surface area contributed by atoms with Crippen LogP contribution in [0.1, 0.15) is 29.2 Å². The second-order valence-electron chi connectivity index (χ2n) is 5.21. The highest BCUT2D eigenvalue weighted by Crippen LogP contribution is 2.28. The van der Waals surface area contributed by atoms with Crippen molar-refractivity contribution in [2.24, 2.45) is 5.73 Å². The standard InChI is InChI=1S/C14H18N4OS/c1-14(2,11-4-3-7-20-11)8-17-13-9(15)5-6-10(18-13)12(16)19/h3-7H,8,15H2,1-2H3,(H2,16,19)(H,17,18). The largest absolute Gasteiger partial charge is 0.396 e. The van der Waals surface area contributed by atoms with Gasteiger partial charge in [0.1, 0.15) is 11.5 Å². The van der Waals surface area contributed by atoms with Crippen molar-refractivity contribution >= 4 is 28.7 Å². The van der Waals surface area contributed by atoms with E-state index in [1.807, 2.05) is 6.07 Å². The highest BCUT2D eigenvalue weighted by atomic mass is 32.1. The van der Waals surface area contributed by atoms with Crippen molar-refractivity contribution in [1.82, 2.24) is 4.98 Å². The number of hydrogen-bond donors (Lipinski definition) is 3. The Balaban J connectivity index is 2.15. The number of nitrogens with two attached hydrogens (primary N) is 2. The smallest absolute Gasteiger partial charge is 0.267 e. The molecule has 20 heavy (non-hydrogen) atoms. The molecule has 0 fully saturated rings. The Morgan fingerprint density at radius 1 is 1.40 bits per heavy atom. The summed E-state index contributed by atoms with van der Waals surface area (Å²) >= 11 is 1.71. The molecule has 2 heterocycles. The number of nitrogens with one attached hydrogen (secondary N) is 1. The van der Waals surface area contributed by atoms with Gasteiger partial charge >= 0.3 is 0 Å². The van der Waals surface area contributed by atoms with Gasteiger partial charge in [-0.3, -0.25) is 4.79 Å². The summed E-state index contributed by atoms with van der Waals surface area (Å²) in [5.74, 6) is -0.0727. The summed E-state index contributed by atoms with van der Waals surface area (Å²) in [7, 11) is 0. The van der Waals surface area contributed by atoms with Gasteiger partial charge in [0.05, 0.1) is 5.69 Å². The number of primary amides is 1. The van der Waals surface area contributed by atoms with E-state index in [0.717, 1.165) is 0 Å². The lowest BCUT2D eigenvalue weighted by Crippen LogP contribution is -2.27. The number of thiophene rings is 1. The summed E-state index contributed by atoms with van der Waals surface area (Å²) < 4.78 is 0. The molecule has 106 valence electrons. The Hall–Kier alpha value is -2.08. The molecule has 5 N–H and O–H groups in total. The summed E-state index contributed by atoms with van der Waals surface area (Å²) in [6.45, 7) is 4.94. The first-order valence-electron chi connectivity index (χ1n) is 6.24. The Morgan fingerprint density at radius 3 is 2.75 bits per heavy atom. The summed E-state index contributed by atoms with van der Waals surface area (Å²) in [4.78, 5) is 16.6. The van der Waals surface area contributed by atoms with Crippen molar-refractivity contribution in [3.8, 4) is 0 Å². The second kappa shape index (κ2) is 5.50. The van der Waals surface area contributed by atoms with Crippen molar-refractivity contribution in [3.63, 3.8) is 0 Å². The highest BCUT2D eigenvalue weighted by molar-refractivity contribution is 7.10. The molecule has 0 unspecified atom stereocenters. The van der Waals surface area contributed by atoms with Gasteiger partial charge in [0.25, 0.3) is 5.91 Å². The molecule has 2 aromatic heterocycles. The fourth-order valence-electron chi connectivity index (χ4n) is 1.80. The zero-order chi connectivity index (χ0) is 14.8. The molecule has 0 spiro atoms. The Labute approximate surface area is 122 Å². The first-order valence-corrected chi connectivity index (χ1v) is 7.12. The van der Waals surface area contributed by atoms with Crippen LogP contribution in [-0.2, 0) is 5.41 Å². The van der Waals surface area contributed by atoms with Gasteiger partial charge in [-0.1, -0.05) is 19.9 Å². The number of aromatic nitrogens is 1. The van der Waals surface area contributed by atoms with E-state index in [9.17, 15) is 4.79 Å². The van der Waals surface area contributed by atoms with E-state index in [0.29, 0.717) is 18.1 Å². The molecule has 1 amide bonds. The molecule has 0 aliphatic carbocycles. The van der Waals surface area contributed by atoms with Crippen molar-refractivity contribution in [3.05, 3.63) is 40.2 Å². The monoisotopic (exact) mass is 290 g/mol. The molecule has 0 atom stereocenters. The Bertz CT molecular complexity index is 608. The first-order chi connectivity index (χ1) is 9.40. The van der Waals surface area contributed by atoms with Crippen LogP contribution in [0, 0.1) is 0 Å². The Kier molecular flexibility index (Phi) is 3.94. The van der Waals surface area contributed by atoms with Crippen molar-refractivity contribution in [1.29, 1.82) is 0 Å². The molecule has 5 nitrogen and oxygen atoms in total. The minimum absolute atomic E-state index is 0.0506. The second-order valence-corrected chi connectivity index (χ2v) is 6.16. The topological polar surface area (TPSA) is 94.0 Å². The predicted molar refractivity (Wildman–Crippen MR) is 83.0 cm³/mol. The predicted octanol–water partition coefficient (Wildman–Crippen LogP) is 2.21. The van der Waals surface area contributed by atoms with E-state index in [1.54, 1.807) is 17.4 Å². The van der Waals surface area contributed by atoms with Crippen molar-refractivity contribution in [2.45, 2.75) is 19.3 Å². The number of rotatable bonds is 5. The molecular formula is C14H18N4OS. The zero-order valence-electron chi connectivity index (χ0n) is 11.5. The van der Waals surface area contributed by atoms with Gasteiger partial charge in [0.2, 0.25) is 0 Å². The number of nitrogen functional groups attached to an aromatic ring is 1. The molecule has 0 saturated carbocycles. The van der Waals surface area contributed by atoms with E-state index in [-0.39, 0.29) is 11.1 Å². The minimum Gasteiger partial charge on any atom is -0.396 e. The maximum atomic E-state index is 11.1. The van der Waals surface area contributed by atoms with Crippen LogP contribution >= 0.6 is 11.3 Å². The molecule has 0 radical (unpaired) electrons. The van der Waals surface area contributed by atoms with Crippen LogP contribution in [0.5, 0.6) is 0 Å². The quantitative estimate of drug-likeness (QED) is 0.787. The van der Waals surface area contributed by atoms with E-state index in [1.165, 1.54) is 10.9 Å². The van der Waals surface area contributed by atoms with Gasteiger partial charge in [-0.15, -0.1) is 11.3 Å². The van der Waals surface area contributed by atoms with E-state index in [4.69, 9.17) is 11.5 Å². The van der Waals surface area contributed by atoms with Crippen LogP contribution in [0.25, 0.3) is 0 Å². The maximum absolute atomic E-state index is 11.1. The van der Waals surface area contributed by atoms with Gasteiger partial charge in [-0.05, 0) is 23.6 Å². The number of amides is 1. The number of carbonyl (C=O) groups is 1. The fourth-order valence-corrected chi connectivity index (χ4v) is 2.66. The van der Waals surface area contributed by atoms with Crippen LogP contribution in [0.3, 0.4) is 0 Å². The number of nitrogens with zero attached hydrogens (tertiary/aromatic N) is 1. The fraction of sp³-hybridized carbons (Fsp3) is 0.286. The van der Waals surface area contributed by atoms with Crippen LogP contribution in [0.2, 0.25) is 0 Å². The lowest BCUT2D eigenvalue weighted by atomic mass is 9.91. The normalized spacial score (nSPS) is 11.3. The van der Waals surface area contributed by atoms with Crippen LogP contribution in [0.4, 0.5) is 11.5 Å². The van der Waals surface area contributed by atoms with Gasteiger partial charge in [0.15, 0.2) is 0 Å². The van der Waals surface area contributed by atoms with Gasteiger partial charge in [-0.25, -0.2) is 4.98 Å². The van der Waals surface area contributed by atoms with Crippen LogP contribution < -0.4 is 16.8 Å². The summed E-state index contributed by atoms with van der Waals surface area (Å²) in [6, 6.07) is 7.28. The SMILES string of the molecule is CC(C)(CNc1nc(C(N)=O)ccc1N)c1cccs1. The summed E-state index contributed by atoms with van der Waals surface area (Å²) in [6.07, 6.45) is 0. The van der Waals surface area contributed by atoms with Crippen LogP contribution in [-0.4, -0.2) is 17.4 Å². The lowest BCUT2D eigenvalue weighted by molar-refractivity contribution is 0.0996. The molecule has 0 aliphatic heterocycles. The van der Waals surface area contributed by atoms with Gasteiger partial charge < -0.3 is 16.8 Å².